The molecule has 2 N–H and O–H groups in total. The largest absolute Gasteiger partial charge is 0.497 e. The molecule has 0 radical (unpaired) electrons. The number of aromatic nitrogens is 3. The molecular weight excluding hydrogens is 508 g/mol. The first kappa shape index (κ1) is 28.3. The number of amides is 3. The van der Waals surface area contributed by atoms with E-state index in [2.05, 4.69) is 20.9 Å². The van der Waals surface area contributed by atoms with Crippen molar-refractivity contribution in [3.63, 3.8) is 0 Å². The number of benzene rings is 3. The second kappa shape index (κ2) is 12.0. The maximum Gasteiger partial charge on any atom is 0.249 e. The van der Waals surface area contributed by atoms with Gasteiger partial charge in [0.15, 0.2) is 0 Å². The van der Waals surface area contributed by atoms with Gasteiger partial charge in [-0.15, -0.1) is 5.10 Å². The van der Waals surface area contributed by atoms with Crippen LogP contribution in [0.1, 0.15) is 45.7 Å². The number of anilines is 2. The Bertz CT molecular complexity index is 1490. The van der Waals surface area contributed by atoms with Crippen LogP contribution in [0.5, 0.6) is 5.75 Å². The molecule has 0 saturated heterocycles. The van der Waals surface area contributed by atoms with Gasteiger partial charge < -0.3 is 15.4 Å². The highest BCUT2D eigenvalue weighted by atomic mass is 16.5. The minimum Gasteiger partial charge on any atom is -0.497 e. The van der Waals surface area contributed by atoms with Gasteiger partial charge in [0.05, 0.1) is 12.6 Å². The molecule has 40 heavy (non-hydrogen) atoms. The number of carbonyl (C=O) groups excluding carboxylic acids is 3. The number of methoxy groups -OCH3 is 1. The molecule has 4 rings (SSSR count). The molecule has 0 spiro atoms. The number of carbonyl (C=O) groups is 3. The van der Waals surface area contributed by atoms with E-state index in [0.717, 1.165) is 0 Å². The Balaban J connectivity index is 1.82. The van der Waals surface area contributed by atoms with Crippen LogP contribution in [-0.2, 0) is 20.9 Å². The summed E-state index contributed by atoms with van der Waals surface area (Å²) in [6.07, 6.45) is 0.693. The van der Waals surface area contributed by atoms with Crippen molar-refractivity contribution in [1.29, 1.82) is 0 Å². The van der Waals surface area contributed by atoms with E-state index in [-0.39, 0.29) is 24.3 Å². The number of fused-ring (bicyclic) bond motifs is 1. The molecule has 0 fully saturated rings. The third-order valence-corrected chi connectivity index (χ3v) is 6.72. The Morgan fingerprint density at radius 3 is 2.30 bits per heavy atom. The zero-order valence-electron chi connectivity index (χ0n) is 23.3. The van der Waals surface area contributed by atoms with Gasteiger partial charge >= 0.3 is 0 Å². The molecule has 0 aliphatic heterocycles. The fraction of sp³-hybridized carbons (Fsp3) is 0.300. The lowest BCUT2D eigenvalue weighted by Gasteiger charge is -2.34. The SMILES string of the molecule is CCC(C)(C)NC(=O)[C@@H](c1ccc(OC)cc1)N(C(=O)Cn1nnc2ccccc21)c1ccc(NC(C)=O)cc1. The van der Waals surface area contributed by atoms with Gasteiger partial charge in [-0.25, -0.2) is 4.68 Å². The Morgan fingerprint density at radius 2 is 1.68 bits per heavy atom. The van der Waals surface area contributed by atoms with Crippen molar-refractivity contribution >= 4 is 40.1 Å². The zero-order valence-corrected chi connectivity index (χ0v) is 23.3. The lowest BCUT2D eigenvalue weighted by molar-refractivity contribution is -0.128. The number of nitrogens with one attached hydrogen (secondary N) is 2. The number of hydrogen-bond donors (Lipinski definition) is 2. The van der Waals surface area contributed by atoms with Crippen LogP contribution in [0, 0.1) is 0 Å². The second-order valence-corrected chi connectivity index (χ2v) is 10.1. The molecule has 0 aliphatic carbocycles. The predicted octanol–water partition coefficient (Wildman–Crippen LogP) is 4.48. The van der Waals surface area contributed by atoms with Gasteiger partial charge in [0, 0.05) is 23.8 Å². The van der Waals surface area contributed by atoms with Crippen LogP contribution >= 0.6 is 0 Å². The summed E-state index contributed by atoms with van der Waals surface area (Å²) in [5, 5.41) is 14.2. The highest BCUT2D eigenvalue weighted by Crippen LogP contribution is 2.31. The van der Waals surface area contributed by atoms with Gasteiger partial charge in [-0.2, -0.15) is 0 Å². The maximum absolute atomic E-state index is 14.2. The highest BCUT2D eigenvalue weighted by molar-refractivity contribution is 6.02. The quantitative estimate of drug-likeness (QED) is 0.305. The molecule has 3 amide bonds. The Kier molecular flexibility index (Phi) is 8.47. The average Bonchev–Trinajstić information content (AvgIpc) is 3.34. The molecule has 0 saturated carbocycles. The number of rotatable bonds is 10. The van der Waals surface area contributed by atoms with Gasteiger partial charge in [-0.05, 0) is 74.4 Å². The molecule has 208 valence electrons. The number of hydrogen-bond acceptors (Lipinski definition) is 6. The number of para-hydroxylation sites is 1. The summed E-state index contributed by atoms with van der Waals surface area (Å²) >= 11 is 0. The molecule has 10 heteroatoms. The fourth-order valence-corrected chi connectivity index (χ4v) is 4.28. The van der Waals surface area contributed by atoms with Crippen molar-refractivity contribution in [3.05, 3.63) is 78.4 Å². The van der Waals surface area contributed by atoms with Crippen LogP contribution < -0.4 is 20.3 Å². The van der Waals surface area contributed by atoms with Gasteiger partial charge in [-0.3, -0.25) is 19.3 Å². The average molecular weight is 543 g/mol. The number of nitrogens with zero attached hydrogens (tertiary/aromatic N) is 4. The lowest BCUT2D eigenvalue weighted by Crippen LogP contribution is -2.51. The molecule has 3 aromatic carbocycles. The van der Waals surface area contributed by atoms with Gasteiger partial charge in [0.25, 0.3) is 0 Å². The third-order valence-electron chi connectivity index (χ3n) is 6.72. The van der Waals surface area contributed by atoms with Crippen LogP contribution in [0.4, 0.5) is 11.4 Å². The standard InChI is InChI=1S/C30H34N6O4/c1-6-30(3,4)32-29(39)28(21-11-17-24(40-5)18-12-21)36(23-15-13-22(14-16-23)31-20(2)37)27(38)19-35-26-10-8-7-9-25(26)33-34-35/h7-18,28H,6,19H2,1-5H3,(H,31,37)(H,32,39)/t28-/m1/s1. The zero-order chi connectivity index (χ0) is 28.9. The van der Waals surface area contributed by atoms with Gasteiger partial charge in [-0.1, -0.05) is 36.4 Å². The molecule has 0 unspecified atom stereocenters. The second-order valence-electron chi connectivity index (χ2n) is 10.1. The normalized spacial score (nSPS) is 12.0. The van der Waals surface area contributed by atoms with E-state index in [4.69, 9.17) is 4.74 Å². The molecule has 1 heterocycles. The lowest BCUT2D eigenvalue weighted by atomic mass is 9.98. The van der Waals surface area contributed by atoms with E-state index < -0.39 is 11.6 Å². The summed E-state index contributed by atoms with van der Waals surface area (Å²) in [5.41, 5.74) is 2.52. The van der Waals surface area contributed by atoms with Gasteiger partial charge in [0.2, 0.25) is 17.7 Å². The van der Waals surface area contributed by atoms with E-state index in [1.165, 1.54) is 16.5 Å². The minimum atomic E-state index is -1.01. The van der Waals surface area contributed by atoms with Crippen LogP contribution in [-0.4, -0.2) is 45.4 Å². The minimum absolute atomic E-state index is 0.148. The molecule has 1 aromatic heterocycles. The van der Waals surface area contributed by atoms with Crippen LogP contribution in [0.25, 0.3) is 11.0 Å². The highest BCUT2D eigenvalue weighted by Gasteiger charge is 2.35. The van der Waals surface area contributed by atoms with Crippen molar-refractivity contribution < 1.29 is 19.1 Å². The Labute approximate surface area is 233 Å². The van der Waals surface area contributed by atoms with Crippen LogP contribution in [0.2, 0.25) is 0 Å². The van der Waals surface area contributed by atoms with E-state index in [1.807, 2.05) is 45.0 Å². The summed E-state index contributed by atoms with van der Waals surface area (Å²) in [7, 11) is 1.57. The fourth-order valence-electron chi connectivity index (χ4n) is 4.28. The van der Waals surface area contributed by atoms with E-state index in [9.17, 15) is 14.4 Å². The monoisotopic (exact) mass is 542 g/mol. The van der Waals surface area contributed by atoms with E-state index >= 15 is 0 Å². The maximum atomic E-state index is 14.2. The Hall–Kier alpha value is -4.73. The van der Waals surface area contributed by atoms with Crippen molar-refractivity contribution in [3.8, 4) is 5.75 Å². The van der Waals surface area contributed by atoms with Crippen molar-refractivity contribution in [2.75, 3.05) is 17.3 Å². The molecule has 1 atom stereocenters. The van der Waals surface area contributed by atoms with Crippen molar-refractivity contribution in [2.45, 2.75) is 52.2 Å². The number of ether oxygens (including phenoxy) is 1. The van der Waals surface area contributed by atoms with Gasteiger partial charge in [0.1, 0.15) is 23.9 Å². The van der Waals surface area contributed by atoms with Crippen molar-refractivity contribution in [2.24, 2.45) is 0 Å². The first-order valence-corrected chi connectivity index (χ1v) is 13.1. The summed E-state index contributed by atoms with van der Waals surface area (Å²) in [5.74, 6) is -0.285. The summed E-state index contributed by atoms with van der Waals surface area (Å²) < 4.78 is 6.84. The Morgan fingerprint density at radius 1 is 1.00 bits per heavy atom. The third kappa shape index (κ3) is 6.45. The van der Waals surface area contributed by atoms with Crippen LogP contribution in [0.3, 0.4) is 0 Å². The summed E-state index contributed by atoms with van der Waals surface area (Å²) in [6.45, 7) is 7.14. The van der Waals surface area contributed by atoms with Crippen LogP contribution in [0.15, 0.2) is 72.8 Å². The van der Waals surface area contributed by atoms with E-state index in [1.54, 1.807) is 55.6 Å². The first-order chi connectivity index (χ1) is 19.1. The smallest absolute Gasteiger partial charge is 0.249 e. The molecule has 4 aromatic rings. The van der Waals surface area contributed by atoms with E-state index in [0.29, 0.717) is 40.1 Å². The summed E-state index contributed by atoms with van der Waals surface area (Å²) in [4.78, 5) is 41.2. The molecule has 0 aliphatic rings. The summed E-state index contributed by atoms with van der Waals surface area (Å²) in [6, 6.07) is 20.2. The molecular formula is C30H34N6O4. The predicted molar refractivity (Wildman–Crippen MR) is 154 cm³/mol. The van der Waals surface area contributed by atoms with Crippen molar-refractivity contribution in [1.82, 2.24) is 20.3 Å². The first-order valence-electron chi connectivity index (χ1n) is 13.1. The molecule has 0 bridgehead atoms. The topological polar surface area (TPSA) is 118 Å². The molecule has 10 nitrogen and oxygen atoms in total.